The number of hydrogen-bond donors (Lipinski definition) is 0. The molecule has 0 unspecified atom stereocenters. The van der Waals surface area contributed by atoms with Crippen molar-refractivity contribution in [2.24, 2.45) is 4.99 Å². The van der Waals surface area contributed by atoms with Gasteiger partial charge in [-0.1, -0.05) is 121 Å². The molecule has 0 fully saturated rings. The molecule has 6 aromatic rings. The molecule has 0 saturated heterocycles. The van der Waals surface area contributed by atoms with Crippen molar-refractivity contribution in [1.29, 1.82) is 0 Å². The number of rotatable bonds is 7. The maximum Gasteiger partial charge on any atom is 0.226 e. The van der Waals surface area contributed by atoms with Crippen molar-refractivity contribution < 1.29 is 4.42 Å². The first-order valence-corrected chi connectivity index (χ1v) is 14.4. The summed E-state index contributed by atoms with van der Waals surface area (Å²) in [6.45, 7) is 0. The third-order valence-corrected chi connectivity index (χ3v) is 7.99. The van der Waals surface area contributed by atoms with Crippen LogP contribution in [0, 0.1) is 0 Å². The third-order valence-electron chi connectivity index (χ3n) is 7.99. The molecule has 2 atom stereocenters. The number of oxazole rings is 1. The normalized spacial score (nSPS) is 16.5. The molecule has 0 bridgehead atoms. The molecule has 7 rings (SSSR count). The Morgan fingerprint density at radius 1 is 0.619 bits per heavy atom. The van der Waals surface area contributed by atoms with Gasteiger partial charge in [0.1, 0.15) is 0 Å². The first-order chi connectivity index (χ1) is 20.8. The van der Waals surface area contributed by atoms with Gasteiger partial charge in [-0.05, 0) is 64.4 Å². The van der Waals surface area contributed by atoms with Crippen molar-refractivity contribution in [1.82, 2.24) is 4.98 Å². The molecule has 1 aliphatic rings. The molecule has 1 aromatic heterocycles. The fraction of sp³-hybridized carbons (Fsp3) is 0.0769. The summed E-state index contributed by atoms with van der Waals surface area (Å²) in [4.78, 5) is 9.20. The number of aromatic nitrogens is 1. The second-order valence-corrected chi connectivity index (χ2v) is 10.7. The minimum atomic E-state index is 0.366. The van der Waals surface area contributed by atoms with E-state index in [2.05, 4.69) is 96.0 Å². The average molecular weight is 543 g/mol. The second kappa shape index (κ2) is 11.7. The molecule has 202 valence electrons. The minimum absolute atomic E-state index is 0.366. The molecule has 1 heterocycles. The highest BCUT2D eigenvalue weighted by molar-refractivity contribution is 5.83. The van der Waals surface area contributed by atoms with Gasteiger partial charge < -0.3 is 4.42 Å². The molecule has 1 aliphatic carbocycles. The Morgan fingerprint density at radius 2 is 1.24 bits per heavy atom. The number of nitrogens with zero attached hydrogens (tertiary/aromatic N) is 2. The summed E-state index contributed by atoms with van der Waals surface area (Å²) in [6, 6.07) is 48.5. The summed E-state index contributed by atoms with van der Waals surface area (Å²) in [5.74, 6) is 2.17. The van der Waals surface area contributed by atoms with Crippen LogP contribution in [0.25, 0.3) is 28.4 Å². The average Bonchev–Trinajstić information content (AvgIpc) is 3.75. The lowest BCUT2D eigenvalue weighted by atomic mass is 9.83. The van der Waals surface area contributed by atoms with Gasteiger partial charge in [-0.25, -0.2) is 4.98 Å². The third kappa shape index (κ3) is 5.50. The quantitative estimate of drug-likeness (QED) is 0.188. The van der Waals surface area contributed by atoms with Crippen LogP contribution in [0.1, 0.15) is 40.5 Å². The molecular formula is C39H30N2O. The topological polar surface area (TPSA) is 38.4 Å². The number of allylic oxidation sites excluding steroid dienone is 2. The first-order valence-electron chi connectivity index (χ1n) is 14.4. The maximum atomic E-state index is 5.99. The Hall–Kier alpha value is -5.28. The predicted octanol–water partition coefficient (Wildman–Crippen LogP) is 10.1. The molecular weight excluding hydrogens is 512 g/mol. The van der Waals surface area contributed by atoms with Gasteiger partial charge in [-0.2, -0.15) is 0 Å². The van der Waals surface area contributed by atoms with Gasteiger partial charge in [0, 0.05) is 23.3 Å². The molecule has 5 aromatic carbocycles. The van der Waals surface area contributed by atoms with Crippen LogP contribution in [0.2, 0.25) is 0 Å². The lowest BCUT2D eigenvalue weighted by Gasteiger charge is -2.20. The van der Waals surface area contributed by atoms with Crippen LogP contribution in [-0.2, 0) is 0 Å². The SMILES string of the molecule is C(=Nc1ccc(C2=C[C@H](c3ccccc3)[C@@H](c3ccccc3)C2)cc1)c1ccc(-c2ncc(-c3ccccc3)o2)cc1. The van der Waals surface area contributed by atoms with E-state index in [1.165, 1.54) is 22.3 Å². The zero-order valence-corrected chi connectivity index (χ0v) is 23.2. The summed E-state index contributed by atoms with van der Waals surface area (Å²) in [7, 11) is 0. The van der Waals surface area contributed by atoms with Gasteiger partial charge in [0.15, 0.2) is 5.76 Å². The molecule has 0 aliphatic heterocycles. The Balaban J connectivity index is 1.05. The first kappa shape index (κ1) is 25.7. The van der Waals surface area contributed by atoms with E-state index in [-0.39, 0.29) is 0 Å². The summed E-state index contributed by atoms with van der Waals surface area (Å²) in [5.41, 5.74) is 9.32. The fourth-order valence-corrected chi connectivity index (χ4v) is 5.77. The molecule has 0 saturated carbocycles. The molecule has 0 spiro atoms. The molecule has 3 heteroatoms. The van der Waals surface area contributed by atoms with Gasteiger partial charge in [0.05, 0.1) is 11.9 Å². The smallest absolute Gasteiger partial charge is 0.226 e. The van der Waals surface area contributed by atoms with Crippen LogP contribution >= 0.6 is 0 Å². The number of benzene rings is 5. The van der Waals surface area contributed by atoms with E-state index in [4.69, 9.17) is 9.41 Å². The Kier molecular flexibility index (Phi) is 7.14. The lowest BCUT2D eigenvalue weighted by molar-refractivity contribution is 0.589. The minimum Gasteiger partial charge on any atom is -0.436 e. The van der Waals surface area contributed by atoms with E-state index in [0.717, 1.165) is 34.6 Å². The molecule has 3 nitrogen and oxygen atoms in total. The Morgan fingerprint density at radius 3 is 1.93 bits per heavy atom. The maximum absolute atomic E-state index is 5.99. The molecule has 0 radical (unpaired) electrons. The summed E-state index contributed by atoms with van der Waals surface area (Å²) in [6.07, 6.45) is 7.16. The monoisotopic (exact) mass is 542 g/mol. The highest BCUT2D eigenvalue weighted by Crippen LogP contribution is 2.47. The van der Waals surface area contributed by atoms with Crippen molar-refractivity contribution in [2.45, 2.75) is 18.3 Å². The van der Waals surface area contributed by atoms with Crippen LogP contribution in [0.15, 0.2) is 161 Å². The molecule has 0 amide bonds. The number of hydrogen-bond acceptors (Lipinski definition) is 3. The van der Waals surface area contributed by atoms with E-state index in [9.17, 15) is 0 Å². The van der Waals surface area contributed by atoms with E-state index in [1.807, 2.05) is 60.8 Å². The summed E-state index contributed by atoms with van der Waals surface area (Å²) >= 11 is 0. The van der Waals surface area contributed by atoms with Gasteiger partial charge in [-0.15, -0.1) is 0 Å². The van der Waals surface area contributed by atoms with Crippen molar-refractivity contribution in [3.05, 3.63) is 174 Å². The van der Waals surface area contributed by atoms with E-state index in [0.29, 0.717) is 17.7 Å². The lowest BCUT2D eigenvalue weighted by Crippen LogP contribution is -2.04. The van der Waals surface area contributed by atoms with Gasteiger partial charge in [0.25, 0.3) is 0 Å². The standard InChI is InChI=1S/C39H30N2O/c1-4-10-30(11-5-1)36-24-34(25-37(36)31-12-6-2-7-13-31)29-20-22-35(23-21-29)40-26-28-16-18-33(19-17-28)39-41-27-38(42-39)32-14-8-3-9-15-32/h1-24,26-27,36-37H,25H2/t36-,37-/m1/s1. The van der Waals surface area contributed by atoms with Crippen LogP contribution in [-0.4, -0.2) is 11.2 Å². The largest absolute Gasteiger partial charge is 0.436 e. The Bertz CT molecular complexity index is 1820. The molecule has 42 heavy (non-hydrogen) atoms. The fourth-order valence-electron chi connectivity index (χ4n) is 5.77. The van der Waals surface area contributed by atoms with E-state index >= 15 is 0 Å². The highest BCUT2D eigenvalue weighted by atomic mass is 16.4. The van der Waals surface area contributed by atoms with Crippen molar-refractivity contribution >= 4 is 17.5 Å². The van der Waals surface area contributed by atoms with Crippen LogP contribution in [0.4, 0.5) is 5.69 Å². The highest BCUT2D eigenvalue weighted by Gasteiger charge is 2.30. The zero-order valence-electron chi connectivity index (χ0n) is 23.2. The van der Waals surface area contributed by atoms with Crippen molar-refractivity contribution in [3.63, 3.8) is 0 Å². The Labute approximate surface area is 246 Å². The van der Waals surface area contributed by atoms with Crippen LogP contribution in [0.5, 0.6) is 0 Å². The van der Waals surface area contributed by atoms with Crippen LogP contribution in [0.3, 0.4) is 0 Å². The van der Waals surface area contributed by atoms with E-state index in [1.54, 1.807) is 6.20 Å². The number of aliphatic imine (C=N–C) groups is 1. The van der Waals surface area contributed by atoms with Gasteiger partial charge >= 0.3 is 0 Å². The van der Waals surface area contributed by atoms with Crippen molar-refractivity contribution in [2.75, 3.05) is 0 Å². The summed E-state index contributed by atoms with van der Waals surface area (Å²) in [5, 5.41) is 0. The predicted molar refractivity (Wildman–Crippen MR) is 172 cm³/mol. The molecule has 0 N–H and O–H groups in total. The summed E-state index contributed by atoms with van der Waals surface area (Å²) < 4.78 is 5.99. The second-order valence-electron chi connectivity index (χ2n) is 10.7. The van der Waals surface area contributed by atoms with Crippen LogP contribution < -0.4 is 0 Å². The van der Waals surface area contributed by atoms with Gasteiger partial charge in [-0.3, -0.25) is 4.99 Å². The van der Waals surface area contributed by atoms with Gasteiger partial charge in [0.2, 0.25) is 5.89 Å². The van der Waals surface area contributed by atoms with E-state index < -0.39 is 0 Å². The zero-order chi connectivity index (χ0) is 28.1. The van der Waals surface area contributed by atoms with Crippen molar-refractivity contribution in [3.8, 4) is 22.8 Å².